The van der Waals surface area contributed by atoms with Crippen LogP contribution < -0.4 is 5.32 Å². The Morgan fingerprint density at radius 2 is 2.24 bits per heavy atom. The van der Waals surface area contributed by atoms with Gasteiger partial charge >= 0.3 is 0 Å². The Morgan fingerprint density at radius 3 is 2.71 bits per heavy atom. The van der Waals surface area contributed by atoms with Gasteiger partial charge in [-0.2, -0.15) is 0 Å². The monoisotopic (exact) mass is 311 g/mol. The highest BCUT2D eigenvalue weighted by Crippen LogP contribution is 2.38. The van der Waals surface area contributed by atoms with Crippen molar-refractivity contribution in [1.29, 1.82) is 0 Å². The van der Waals surface area contributed by atoms with Gasteiger partial charge in [-0.1, -0.05) is 20.8 Å². The maximum absolute atomic E-state index is 5.20. The van der Waals surface area contributed by atoms with E-state index in [2.05, 4.69) is 50.3 Å². The maximum Gasteiger partial charge on any atom is 0.114 e. The molecule has 0 aliphatic carbocycles. The summed E-state index contributed by atoms with van der Waals surface area (Å²) in [7, 11) is 3.95. The van der Waals surface area contributed by atoms with Gasteiger partial charge in [0.25, 0.3) is 0 Å². The predicted octanol–water partition coefficient (Wildman–Crippen LogP) is 2.60. The van der Waals surface area contributed by atoms with Gasteiger partial charge in [0.1, 0.15) is 5.01 Å². The van der Waals surface area contributed by atoms with Crippen molar-refractivity contribution >= 4 is 11.3 Å². The molecule has 1 aliphatic heterocycles. The third-order valence-electron chi connectivity index (χ3n) is 4.37. The maximum atomic E-state index is 5.20. The van der Waals surface area contributed by atoms with E-state index in [1.165, 1.54) is 10.7 Å². The number of methoxy groups -OCH3 is 1. The highest BCUT2D eigenvalue weighted by atomic mass is 32.1. The van der Waals surface area contributed by atoms with E-state index < -0.39 is 0 Å². The quantitative estimate of drug-likeness (QED) is 0.848. The lowest BCUT2D eigenvalue weighted by atomic mass is 9.92. The Kier molecular flexibility index (Phi) is 5.08. The fourth-order valence-corrected chi connectivity index (χ4v) is 4.12. The van der Waals surface area contributed by atoms with Crippen molar-refractivity contribution in [2.75, 3.05) is 33.9 Å². The standard InChI is InChI=1S/C16H29N3OS/c1-12-9-16(11-19(12)5,17-7-8-20-6)14-18-13(10-21-14)15(2,3)4/h10,12,17H,7-9,11H2,1-6H3. The second-order valence-corrected chi connectivity index (χ2v) is 8.12. The van der Waals surface area contributed by atoms with Crippen LogP contribution in [0.1, 0.15) is 44.8 Å². The summed E-state index contributed by atoms with van der Waals surface area (Å²) in [5, 5.41) is 7.16. The van der Waals surface area contributed by atoms with Crippen LogP contribution in [0.5, 0.6) is 0 Å². The number of nitrogens with zero attached hydrogens (tertiary/aromatic N) is 2. The number of rotatable bonds is 5. The lowest BCUT2D eigenvalue weighted by molar-refractivity contribution is 0.183. The topological polar surface area (TPSA) is 37.4 Å². The summed E-state index contributed by atoms with van der Waals surface area (Å²) in [6.07, 6.45) is 1.10. The smallest absolute Gasteiger partial charge is 0.114 e. The number of aromatic nitrogens is 1. The van der Waals surface area contributed by atoms with E-state index in [0.717, 1.165) is 26.1 Å². The minimum Gasteiger partial charge on any atom is -0.383 e. The van der Waals surface area contributed by atoms with Crippen LogP contribution in [0.15, 0.2) is 5.38 Å². The molecule has 0 bridgehead atoms. The fraction of sp³-hybridized carbons (Fsp3) is 0.812. The Labute approximate surface area is 132 Å². The van der Waals surface area contributed by atoms with Gasteiger partial charge in [0.2, 0.25) is 0 Å². The van der Waals surface area contributed by atoms with E-state index in [9.17, 15) is 0 Å². The molecule has 2 atom stereocenters. The molecule has 2 rings (SSSR count). The van der Waals surface area contributed by atoms with E-state index in [1.54, 1.807) is 18.4 Å². The number of likely N-dealkylation sites (N-methyl/N-ethyl adjacent to an activating group) is 1. The zero-order chi connectivity index (χ0) is 15.7. The number of nitrogens with one attached hydrogen (secondary N) is 1. The van der Waals surface area contributed by atoms with Crippen LogP contribution in [0.2, 0.25) is 0 Å². The van der Waals surface area contributed by atoms with Gasteiger partial charge in [-0.25, -0.2) is 4.98 Å². The number of thiazole rings is 1. The van der Waals surface area contributed by atoms with Crippen LogP contribution >= 0.6 is 11.3 Å². The van der Waals surface area contributed by atoms with E-state index in [4.69, 9.17) is 9.72 Å². The average molecular weight is 311 g/mol. The first-order chi connectivity index (χ1) is 9.78. The molecular formula is C16H29N3OS. The Balaban J connectivity index is 2.25. The minimum absolute atomic E-state index is 0.0269. The summed E-state index contributed by atoms with van der Waals surface area (Å²) in [6.45, 7) is 11.6. The highest BCUT2D eigenvalue weighted by Gasteiger charge is 2.44. The molecule has 1 aromatic rings. The van der Waals surface area contributed by atoms with Gasteiger partial charge in [-0.15, -0.1) is 11.3 Å². The van der Waals surface area contributed by atoms with Crippen LogP contribution in [-0.2, 0) is 15.7 Å². The molecule has 0 radical (unpaired) electrons. The van der Waals surface area contributed by atoms with Crippen LogP contribution in [0.3, 0.4) is 0 Å². The molecule has 5 heteroatoms. The van der Waals surface area contributed by atoms with Crippen molar-refractivity contribution in [2.45, 2.75) is 51.1 Å². The first-order valence-electron chi connectivity index (χ1n) is 7.69. The Morgan fingerprint density at radius 1 is 1.52 bits per heavy atom. The molecule has 4 nitrogen and oxygen atoms in total. The summed E-state index contributed by atoms with van der Waals surface area (Å²) in [4.78, 5) is 7.39. The van der Waals surface area contributed by atoms with E-state index in [1.807, 2.05) is 0 Å². The number of hydrogen-bond acceptors (Lipinski definition) is 5. The molecule has 0 amide bonds. The van der Waals surface area contributed by atoms with Gasteiger partial charge in [0.15, 0.2) is 0 Å². The van der Waals surface area contributed by atoms with Crippen molar-refractivity contribution in [3.63, 3.8) is 0 Å². The fourth-order valence-electron chi connectivity index (χ4n) is 2.90. The second kappa shape index (κ2) is 6.32. The molecule has 0 spiro atoms. The predicted molar refractivity (Wildman–Crippen MR) is 89.1 cm³/mol. The summed E-state index contributed by atoms with van der Waals surface area (Å²) >= 11 is 1.79. The molecule has 2 heterocycles. The first kappa shape index (κ1) is 16.9. The van der Waals surface area contributed by atoms with Crippen LogP contribution in [0.25, 0.3) is 0 Å². The molecule has 2 unspecified atom stereocenters. The first-order valence-corrected chi connectivity index (χ1v) is 8.57. The van der Waals surface area contributed by atoms with Gasteiger partial charge < -0.3 is 15.0 Å². The summed E-state index contributed by atoms with van der Waals surface area (Å²) < 4.78 is 5.20. The van der Waals surface area contributed by atoms with E-state index in [0.29, 0.717) is 6.04 Å². The molecule has 120 valence electrons. The minimum atomic E-state index is -0.0269. The van der Waals surface area contributed by atoms with Crippen LogP contribution in [-0.4, -0.2) is 49.8 Å². The zero-order valence-corrected chi connectivity index (χ0v) is 15.0. The lowest BCUT2D eigenvalue weighted by Crippen LogP contribution is -2.45. The van der Waals surface area contributed by atoms with Crippen molar-refractivity contribution in [1.82, 2.24) is 15.2 Å². The van der Waals surface area contributed by atoms with Crippen molar-refractivity contribution in [3.8, 4) is 0 Å². The molecule has 21 heavy (non-hydrogen) atoms. The Bertz CT molecular complexity index is 456. The molecule has 1 fully saturated rings. The molecule has 0 aromatic carbocycles. The lowest BCUT2D eigenvalue weighted by Gasteiger charge is -2.28. The summed E-state index contributed by atoms with van der Waals surface area (Å²) in [5.41, 5.74) is 1.28. The summed E-state index contributed by atoms with van der Waals surface area (Å²) in [5.74, 6) is 0. The molecule has 1 aliphatic rings. The van der Waals surface area contributed by atoms with E-state index in [-0.39, 0.29) is 11.0 Å². The SMILES string of the molecule is COCCNC1(c2nc(C(C)(C)C)cs2)CC(C)N(C)C1. The van der Waals surface area contributed by atoms with Crippen LogP contribution in [0.4, 0.5) is 0 Å². The van der Waals surface area contributed by atoms with Crippen molar-refractivity contribution in [2.24, 2.45) is 0 Å². The zero-order valence-electron chi connectivity index (χ0n) is 14.2. The summed E-state index contributed by atoms with van der Waals surface area (Å²) in [6, 6.07) is 0.571. The normalized spacial score (nSPS) is 27.4. The molecule has 1 N–H and O–H groups in total. The van der Waals surface area contributed by atoms with Gasteiger partial charge in [0.05, 0.1) is 17.8 Å². The average Bonchev–Trinajstić information content (AvgIpc) is 2.97. The Hall–Kier alpha value is -0.490. The molecular weight excluding hydrogens is 282 g/mol. The molecule has 1 saturated heterocycles. The van der Waals surface area contributed by atoms with Gasteiger partial charge in [-0.05, 0) is 20.4 Å². The number of hydrogen-bond donors (Lipinski definition) is 1. The third-order valence-corrected chi connectivity index (χ3v) is 5.41. The van der Waals surface area contributed by atoms with Gasteiger partial charge in [-0.3, -0.25) is 0 Å². The second-order valence-electron chi connectivity index (χ2n) is 7.26. The molecule has 0 saturated carbocycles. The van der Waals surface area contributed by atoms with Crippen molar-refractivity contribution < 1.29 is 4.74 Å². The highest BCUT2D eigenvalue weighted by molar-refractivity contribution is 7.09. The van der Waals surface area contributed by atoms with Gasteiger partial charge in [0, 0.05) is 37.0 Å². The van der Waals surface area contributed by atoms with Crippen LogP contribution in [0, 0.1) is 0 Å². The number of ether oxygens (including phenoxy) is 1. The van der Waals surface area contributed by atoms with Crippen molar-refractivity contribution in [3.05, 3.63) is 16.1 Å². The largest absolute Gasteiger partial charge is 0.383 e. The third kappa shape index (κ3) is 3.65. The number of likely N-dealkylation sites (tertiary alicyclic amines) is 1. The van der Waals surface area contributed by atoms with E-state index >= 15 is 0 Å². The molecule has 1 aromatic heterocycles.